The van der Waals surface area contributed by atoms with E-state index in [9.17, 15) is 0 Å². The SMILES string of the molecule is OCCCCc1nc2ccccc2c2cn[nH]c3ncc1c32. The molecule has 3 aromatic heterocycles. The Labute approximate surface area is 127 Å². The van der Waals surface area contributed by atoms with Gasteiger partial charge >= 0.3 is 0 Å². The highest BCUT2D eigenvalue weighted by Gasteiger charge is 2.12. The number of aromatic nitrogens is 4. The lowest BCUT2D eigenvalue weighted by atomic mass is 10.1. The maximum atomic E-state index is 9.01. The molecule has 4 rings (SSSR count). The first-order valence-electron chi connectivity index (χ1n) is 7.49. The molecule has 0 saturated heterocycles. The van der Waals surface area contributed by atoms with E-state index in [1.54, 1.807) is 0 Å². The first kappa shape index (κ1) is 13.2. The monoisotopic (exact) mass is 292 g/mol. The van der Waals surface area contributed by atoms with Crippen LogP contribution < -0.4 is 0 Å². The number of fused-ring (bicyclic) bond motifs is 2. The molecular weight excluding hydrogens is 276 g/mol. The van der Waals surface area contributed by atoms with Crippen molar-refractivity contribution in [3.05, 3.63) is 42.4 Å². The number of aliphatic hydroxyl groups excluding tert-OH is 1. The molecule has 5 heteroatoms. The zero-order valence-corrected chi connectivity index (χ0v) is 12.1. The number of aryl methyl sites for hydroxylation is 1. The van der Waals surface area contributed by atoms with Gasteiger partial charge in [0.25, 0.3) is 0 Å². The number of nitrogens with zero attached hydrogens (tertiary/aromatic N) is 3. The van der Waals surface area contributed by atoms with Crippen molar-refractivity contribution in [2.45, 2.75) is 19.3 Å². The van der Waals surface area contributed by atoms with Gasteiger partial charge < -0.3 is 5.11 Å². The number of nitrogens with one attached hydrogen (secondary N) is 1. The molecule has 0 bridgehead atoms. The number of para-hydroxylation sites is 1. The lowest BCUT2D eigenvalue weighted by Gasteiger charge is -1.98. The van der Waals surface area contributed by atoms with Gasteiger partial charge in [0.15, 0.2) is 5.65 Å². The van der Waals surface area contributed by atoms with Gasteiger partial charge in [-0.25, -0.2) is 4.98 Å². The fourth-order valence-electron chi connectivity index (χ4n) is 2.99. The third-order valence-electron chi connectivity index (χ3n) is 4.04. The first-order chi connectivity index (χ1) is 10.9. The van der Waals surface area contributed by atoms with E-state index in [0.717, 1.165) is 57.7 Å². The Balaban J connectivity index is 2.09. The molecule has 0 aliphatic carbocycles. The minimum absolute atomic E-state index is 0.215. The minimum Gasteiger partial charge on any atom is -0.396 e. The van der Waals surface area contributed by atoms with E-state index in [1.807, 2.05) is 30.6 Å². The van der Waals surface area contributed by atoms with Crippen molar-refractivity contribution in [1.29, 1.82) is 0 Å². The molecule has 0 unspecified atom stereocenters. The molecule has 2 N–H and O–H groups in total. The summed E-state index contributed by atoms with van der Waals surface area (Å²) in [4.78, 5) is 9.31. The second-order valence-corrected chi connectivity index (χ2v) is 5.44. The summed E-state index contributed by atoms with van der Waals surface area (Å²) in [5.74, 6) is 0. The average molecular weight is 292 g/mol. The molecule has 0 atom stereocenters. The second-order valence-electron chi connectivity index (χ2n) is 5.44. The van der Waals surface area contributed by atoms with Crippen LogP contribution in [0.3, 0.4) is 0 Å². The van der Waals surface area contributed by atoms with Crippen LogP contribution in [0.15, 0.2) is 36.7 Å². The predicted molar refractivity (Wildman–Crippen MR) is 86.7 cm³/mol. The van der Waals surface area contributed by atoms with E-state index in [4.69, 9.17) is 10.1 Å². The zero-order valence-electron chi connectivity index (χ0n) is 12.1. The molecule has 22 heavy (non-hydrogen) atoms. The van der Waals surface area contributed by atoms with Crippen molar-refractivity contribution in [3.63, 3.8) is 0 Å². The van der Waals surface area contributed by atoms with Gasteiger partial charge in [-0.2, -0.15) is 5.10 Å². The number of hydrogen-bond donors (Lipinski definition) is 2. The van der Waals surface area contributed by atoms with Crippen LogP contribution in [0.5, 0.6) is 0 Å². The predicted octanol–water partition coefficient (Wildman–Crippen LogP) is 2.97. The summed E-state index contributed by atoms with van der Waals surface area (Å²) in [6, 6.07) is 8.12. The van der Waals surface area contributed by atoms with E-state index in [2.05, 4.69) is 21.2 Å². The van der Waals surface area contributed by atoms with E-state index in [-0.39, 0.29) is 6.61 Å². The highest BCUT2D eigenvalue weighted by atomic mass is 16.2. The zero-order chi connectivity index (χ0) is 14.9. The number of rotatable bonds is 4. The van der Waals surface area contributed by atoms with Crippen molar-refractivity contribution in [2.75, 3.05) is 6.61 Å². The number of H-pyrrole nitrogens is 1. The van der Waals surface area contributed by atoms with Crippen molar-refractivity contribution in [3.8, 4) is 0 Å². The highest BCUT2D eigenvalue weighted by molar-refractivity contribution is 6.16. The Morgan fingerprint density at radius 1 is 1.00 bits per heavy atom. The molecule has 1 aromatic carbocycles. The van der Waals surface area contributed by atoms with Crippen LogP contribution >= 0.6 is 0 Å². The van der Waals surface area contributed by atoms with Gasteiger partial charge in [-0.1, -0.05) is 18.2 Å². The maximum Gasteiger partial charge on any atom is 0.154 e. The molecule has 0 aliphatic rings. The van der Waals surface area contributed by atoms with Crippen molar-refractivity contribution >= 4 is 32.7 Å². The van der Waals surface area contributed by atoms with Crippen molar-refractivity contribution in [1.82, 2.24) is 20.2 Å². The number of benzene rings is 1. The summed E-state index contributed by atoms with van der Waals surface area (Å²) in [5, 5.41) is 20.5. The third-order valence-corrected chi connectivity index (χ3v) is 4.04. The quantitative estimate of drug-likeness (QED) is 0.567. The lowest BCUT2D eigenvalue weighted by Crippen LogP contribution is -1.91. The molecule has 0 spiro atoms. The Kier molecular flexibility index (Phi) is 3.20. The molecule has 0 amide bonds. The summed E-state index contributed by atoms with van der Waals surface area (Å²) in [6.07, 6.45) is 6.24. The fraction of sp³-hybridized carbons (Fsp3) is 0.235. The van der Waals surface area contributed by atoms with Crippen LogP contribution in [0, 0.1) is 0 Å². The van der Waals surface area contributed by atoms with Gasteiger partial charge in [-0.15, -0.1) is 0 Å². The lowest BCUT2D eigenvalue weighted by molar-refractivity contribution is 0.284. The van der Waals surface area contributed by atoms with Crippen LogP contribution in [0.4, 0.5) is 0 Å². The van der Waals surface area contributed by atoms with Crippen LogP contribution in [-0.2, 0) is 6.42 Å². The topological polar surface area (TPSA) is 74.7 Å². The Bertz CT molecular complexity index is 961. The summed E-state index contributed by atoms with van der Waals surface area (Å²) in [7, 11) is 0. The summed E-state index contributed by atoms with van der Waals surface area (Å²) >= 11 is 0. The standard InChI is InChI=1S/C17H16N4O/c22-8-4-3-7-15-13-9-18-17-16(13)12(10-19-21-17)11-5-1-2-6-14(11)20-15/h1-2,5-6,9-10,22H,3-4,7-8H2,(H,18,21). The number of aromatic amines is 1. The molecule has 4 aromatic rings. The van der Waals surface area contributed by atoms with Gasteiger partial charge in [0, 0.05) is 34.3 Å². The normalized spacial score (nSPS) is 11.7. The van der Waals surface area contributed by atoms with Crippen LogP contribution in [0.25, 0.3) is 32.7 Å². The van der Waals surface area contributed by atoms with Crippen LogP contribution in [0.1, 0.15) is 18.5 Å². The molecule has 0 radical (unpaired) electrons. The van der Waals surface area contributed by atoms with Gasteiger partial charge in [0.1, 0.15) is 0 Å². The maximum absolute atomic E-state index is 9.01. The number of hydrogen-bond acceptors (Lipinski definition) is 4. The summed E-state index contributed by atoms with van der Waals surface area (Å²) in [6.45, 7) is 0.215. The molecular formula is C17H16N4O. The summed E-state index contributed by atoms with van der Waals surface area (Å²) in [5.41, 5.74) is 2.79. The second kappa shape index (κ2) is 5.35. The van der Waals surface area contributed by atoms with Crippen molar-refractivity contribution in [2.24, 2.45) is 0 Å². The largest absolute Gasteiger partial charge is 0.396 e. The fourth-order valence-corrected chi connectivity index (χ4v) is 2.99. The smallest absolute Gasteiger partial charge is 0.154 e. The van der Waals surface area contributed by atoms with Gasteiger partial charge in [-0.3, -0.25) is 10.1 Å². The van der Waals surface area contributed by atoms with E-state index >= 15 is 0 Å². The molecule has 0 saturated carbocycles. The minimum atomic E-state index is 0.215. The van der Waals surface area contributed by atoms with Crippen LogP contribution in [-0.4, -0.2) is 31.9 Å². The number of unbranched alkanes of at least 4 members (excludes halogenated alkanes) is 1. The van der Waals surface area contributed by atoms with E-state index in [0.29, 0.717) is 0 Å². The Morgan fingerprint density at radius 2 is 1.91 bits per heavy atom. The molecule has 3 heterocycles. The molecule has 0 aliphatic heterocycles. The highest BCUT2D eigenvalue weighted by Crippen LogP contribution is 2.30. The Morgan fingerprint density at radius 3 is 2.82 bits per heavy atom. The van der Waals surface area contributed by atoms with Crippen molar-refractivity contribution < 1.29 is 5.11 Å². The first-order valence-corrected chi connectivity index (χ1v) is 7.49. The van der Waals surface area contributed by atoms with Gasteiger partial charge in [0.2, 0.25) is 0 Å². The van der Waals surface area contributed by atoms with Gasteiger partial charge in [0.05, 0.1) is 17.4 Å². The van der Waals surface area contributed by atoms with Gasteiger partial charge in [-0.05, 0) is 25.3 Å². The van der Waals surface area contributed by atoms with E-state index in [1.165, 1.54) is 0 Å². The third kappa shape index (κ3) is 2.02. The molecule has 5 nitrogen and oxygen atoms in total. The molecule has 110 valence electrons. The molecule has 0 fully saturated rings. The Hall–Kier alpha value is -2.53. The summed E-state index contributed by atoms with van der Waals surface area (Å²) < 4.78 is 0. The number of aliphatic hydroxyl groups is 1. The average Bonchev–Trinajstić information content (AvgIpc) is 2.93. The van der Waals surface area contributed by atoms with E-state index < -0.39 is 0 Å². The van der Waals surface area contributed by atoms with Crippen LogP contribution in [0.2, 0.25) is 0 Å².